The van der Waals surface area contributed by atoms with Crippen LogP contribution in [-0.4, -0.2) is 5.11 Å². The second-order valence-electron chi connectivity index (χ2n) is 3.87. The standard InChI is InChI=1S/C13H14ClNO2/c1-9(12-6-3-7-17-12)15-8-10-4-2-5-11(14)13(10)16/h2-7,9,15-16H,8H2,1H3. The number of aromatic hydroxyl groups is 1. The van der Waals surface area contributed by atoms with E-state index in [1.807, 2.05) is 31.2 Å². The van der Waals surface area contributed by atoms with Crippen molar-refractivity contribution in [2.45, 2.75) is 19.5 Å². The van der Waals surface area contributed by atoms with E-state index < -0.39 is 0 Å². The number of halogens is 1. The van der Waals surface area contributed by atoms with Crippen LogP contribution >= 0.6 is 11.6 Å². The Kier molecular flexibility index (Phi) is 3.71. The van der Waals surface area contributed by atoms with E-state index >= 15 is 0 Å². The number of benzene rings is 1. The third-order valence-corrected chi connectivity index (χ3v) is 2.94. The molecule has 0 saturated heterocycles. The van der Waals surface area contributed by atoms with E-state index in [0.717, 1.165) is 11.3 Å². The number of nitrogens with one attached hydrogen (secondary N) is 1. The molecule has 1 aromatic carbocycles. The summed E-state index contributed by atoms with van der Waals surface area (Å²) in [4.78, 5) is 0. The first-order valence-corrected chi connectivity index (χ1v) is 5.79. The fourth-order valence-corrected chi connectivity index (χ4v) is 1.80. The maximum Gasteiger partial charge on any atom is 0.138 e. The van der Waals surface area contributed by atoms with Gasteiger partial charge in [0.15, 0.2) is 0 Å². The van der Waals surface area contributed by atoms with Gasteiger partial charge in [-0.25, -0.2) is 0 Å². The Bertz CT molecular complexity index is 482. The lowest BCUT2D eigenvalue weighted by Crippen LogP contribution is -2.17. The Morgan fingerprint density at radius 3 is 2.88 bits per heavy atom. The van der Waals surface area contributed by atoms with Crippen LogP contribution in [0, 0.1) is 0 Å². The van der Waals surface area contributed by atoms with Gasteiger partial charge < -0.3 is 14.8 Å². The number of rotatable bonds is 4. The van der Waals surface area contributed by atoms with Gasteiger partial charge in [-0.2, -0.15) is 0 Å². The maximum absolute atomic E-state index is 9.75. The summed E-state index contributed by atoms with van der Waals surface area (Å²) in [7, 11) is 0. The van der Waals surface area contributed by atoms with Gasteiger partial charge in [-0.1, -0.05) is 23.7 Å². The molecule has 0 spiro atoms. The van der Waals surface area contributed by atoms with Gasteiger partial charge in [-0.05, 0) is 25.1 Å². The summed E-state index contributed by atoms with van der Waals surface area (Å²) >= 11 is 5.83. The lowest BCUT2D eigenvalue weighted by atomic mass is 10.2. The van der Waals surface area contributed by atoms with E-state index in [1.54, 1.807) is 12.3 Å². The molecule has 1 atom stereocenters. The summed E-state index contributed by atoms with van der Waals surface area (Å²) in [5.74, 6) is 1.000. The molecule has 0 bridgehead atoms. The van der Waals surface area contributed by atoms with Crippen LogP contribution in [0.15, 0.2) is 41.0 Å². The van der Waals surface area contributed by atoms with Crippen LogP contribution < -0.4 is 5.32 Å². The molecule has 1 unspecified atom stereocenters. The van der Waals surface area contributed by atoms with E-state index in [-0.39, 0.29) is 11.8 Å². The van der Waals surface area contributed by atoms with Crippen LogP contribution in [0.4, 0.5) is 0 Å². The van der Waals surface area contributed by atoms with Crippen LogP contribution in [0.1, 0.15) is 24.3 Å². The van der Waals surface area contributed by atoms with Gasteiger partial charge in [0.1, 0.15) is 11.5 Å². The number of hydrogen-bond donors (Lipinski definition) is 2. The van der Waals surface area contributed by atoms with Gasteiger partial charge in [0.05, 0.1) is 17.3 Å². The molecule has 2 rings (SSSR count). The summed E-state index contributed by atoms with van der Waals surface area (Å²) in [6, 6.07) is 9.17. The smallest absolute Gasteiger partial charge is 0.138 e. The molecule has 0 radical (unpaired) electrons. The Balaban J connectivity index is 2.00. The van der Waals surface area contributed by atoms with Crippen molar-refractivity contribution < 1.29 is 9.52 Å². The summed E-state index contributed by atoms with van der Waals surface area (Å²) < 4.78 is 5.29. The quantitative estimate of drug-likeness (QED) is 0.874. The number of hydrogen-bond acceptors (Lipinski definition) is 3. The van der Waals surface area contributed by atoms with Gasteiger partial charge in [0.2, 0.25) is 0 Å². The molecule has 0 amide bonds. The Morgan fingerprint density at radius 2 is 2.18 bits per heavy atom. The largest absolute Gasteiger partial charge is 0.506 e. The number of furan rings is 1. The highest BCUT2D eigenvalue weighted by Gasteiger charge is 2.09. The Labute approximate surface area is 105 Å². The number of phenolic OH excluding ortho intramolecular Hbond substituents is 1. The van der Waals surface area contributed by atoms with Crippen LogP contribution in [0.3, 0.4) is 0 Å². The van der Waals surface area contributed by atoms with Gasteiger partial charge in [0, 0.05) is 12.1 Å². The van der Waals surface area contributed by atoms with Crippen molar-refractivity contribution in [3.8, 4) is 5.75 Å². The molecule has 0 aliphatic rings. The number of phenols is 1. The molecule has 0 fully saturated rings. The Hall–Kier alpha value is -1.45. The highest BCUT2D eigenvalue weighted by Crippen LogP contribution is 2.27. The van der Waals surface area contributed by atoms with Crippen LogP contribution in [-0.2, 0) is 6.54 Å². The highest BCUT2D eigenvalue weighted by atomic mass is 35.5. The van der Waals surface area contributed by atoms with E-state index in [1.165, 1.54) is 0 Å². The summed E-state index contributed by atoms with van der Waals surface area (Å²) in [5.41, 5.74) is 0.774. The molecule has 17 heavy (non-hydrogen) atoms. The van der Waals surface area contributed by atoms with Crippen molar-refractivity contribution in [1.29, 1.82) is 0 Å². The minimum absolute atomic E-state index is 0.0865. The van der Waals surface area contributed by atoms with Gasteiger partial charge in [0.25, 0.3) is 0 Å². The molecule has 4 heteroatoms. The third-order valence-electron chi connectivity index (χ3n) is 2.64. The molecule has 2 aromatic rings. The SMILES string of the molecule is CC(NCc1cccc(Cl)c1O)c1ccco1. The zero-order valence-electron chi connectivity index (χ0n) is 9.48. The minimum atomic E-state index is 0.0865. The van der Waals surface area contributed by atoms with Crippen molar-refractivity contribution >= 4 is 11.6 Å². The van der Waals surface area contributed by atoms with Crippen molar-refractivity contribution in [3.63, 3.8) is 0 Å². The molecule has 3 nitrogen and oxygen atoms in total. The lowest BCUT2D eigenvalue weighted by Gasteiger charge is -2.12. The normalized spacial score (nSPS) is 12.6. The maximum atomic E-state index is 9.75. The molecule has 0 saturated carbocycles. The monoisotopic (exact) mass is 251 g/mol. The predicted molar refractivity (Wildman–Crippen MR) is 67.1 cm³/mol. The van der Waals surface area contributed by atoms with Crippen molar-refractivity contribution in [2.24, 2.45) is 0 Å². The molecule has 1 heterocycles. The van der Waals surface area contributed by atoms with Crippen molar-refractivity contribution in [2.75, 3.05) is 0 Å². The molecule has 1 aromatic heterocycles. The second kappa shape index (κ2) is 5.25. The van der Waals surface area contributed by atoms with E-state index in [9.17, 15) is 5.11 Å². The zero-order chi connectivity index (χ0) is 12.3. The minimum Gasteiger partial charge on any atom is -0.506 e. The third kappa shape index (κ3) is 2.81. The molecular formula is C13H14ClNO2. The van der Waals surface area contributed by atoms with E-state index in [4.69, 9.17) is 16.0 Å². The lowest BCUT2D eigenvalue weighted by molar-refractivity contribution is 0.422. The van der Waals surface area contributed by atoms with Gasteiger partial charge >= 0.3 is 0 Å². The topological polar surface area (TPSA) is 45.4 Å². The second-order valence-corrected chi connectivity index (χ2v) is 4.27. The summed E-state index contributed by atoms with van der Waals surface area (Å²) in [6.07, 6.45) is 1.64. The zero-order valence-corrected chi connectivity index (χ0v) is 10.2. The molecule has 0 aliphatic carbocycles. The van der Waals surface area contributed by atoms with E-state index in [2.05, 4.69) is 5.32 Å². The summed E-state index contributed by atoms with van der Waals surface area (Å²) in [5, 5.41) is 13.4. The van der Waals surface area contributed by atoms with E-state index in [0.29, 0.717) is 11.6 Å². The average Bonchev–Trinajstić information content (AvgIpc) is 2.84. The molecule has 90 valence electrons. The fourth-order valence-electron chi connectivity index (χ4n) is 1.60. The van der Waals surface area contributed by atoms with Crippen LogP contribution in [0.2, 0.25) is 5.02 Å². The molecule has 0 aliphatic heterocycles. The van der Waals surface area contributed by atoms with Crippen molar-refractivity contribution in [1.82, 2.24) is 5.32 Å². The van der Waals surface area contributed by atoms with Gasteiger partial charge in [-0.3, -0.25) is 0 Å². The summed E-state index contributed by atoms with van der Waals surface area (Å²) in [6.45, 7) is 2.54. The molecular weight excluding hydrogens is 238 g/mol. The number of para-hydroxylation sites is 1. The first-order valence-electron chi connectivity index (χ1n) is 5.41. The first kappa shape index (κ1) is 12.0. The molecule has 2 N–H and O–H groups in total. The average molecular weight is 252 g/mol. The van der Waals surface area contributed by atoms with Crippen LogP contribution in [0.5, 0.6) is 5.75 Å². The fraction of sp³-hybridized carbons (Fsp3) is 0.231. The van der Waals surface area contributed by atoms with Crippen molar-refractivity contribution in [3.05, 3.63) is 52.9 Å². The van der Waals surface area contributed by atoms with Gasteiger partial charge in [-0.15, -0.1) is 0 Å². The first-order chi connectivity index (χ1) is 8.18. The van der Waals surface area contributed by atoms with Crippen LogP contribution in [0.25, 0.3) is 0 Å². The Morgan fingerprint density at radius 1 is 1.35 bits per heavy atom. The highest BCUT2D eigenvalue weighted by molar-refractivity contribution is 6.32. The predicted octanol–water partition coefficient (Wildman–Crippen LogP) is 3.49.